The molecule has 0 bridgehead atoms. The van der Waals surface area contributed by atoms with E-state index in [2.05, 4.69) is 48.5 Å². The van der Waals surface area contributed by atoms with E-state index in [1.165, 1.54) is 154 Å². The monoisotopic (exact) mass is 643 g/mol. The number of unbranched alkanes of at least 4 members (excludes halogenated alkanes) is 25. The third kappa shape index (κ3) is 20.7. The van der Waals surface area contributed by atoms with E-state index in [4.69, 9.17) is 4.74 Å². The Bertz CT molecular complexity index is 853. The van der Waals surface area contributed by atoms with Crippen LogP contribution in [0.4, 0.5) is 0 Å². The zero-order chi connectivity index (χ0) is 34.1. The van der Waals surface area contributed by atoms with Gasteiger partial charge in [0.2, 0.25) is 0 Å². The number of rotatable bonds is 28. The zero-order valence-electron chi connectivity index (χ0n) is 32.0. The summed E-state index contributed by atoms with van der Waals surface area (Å²) in [5, 5.41) is 10.9. The quantitative estimate of drug-likeness (QED) is 0.0730. The Morgan fingerprint density at radius 2 is 0.761 bits per heavy atom. The van der Waals surface area contributed by atoms with Crippen molar-refractivity contribution in [2.45, 2.75) is 226 Å². The van der Waals surface area contributed by atoms with Gasteiger partial charge in [-0.2, -0.15) is 0 Å². The Morgan fingerprint density at radius 1 is 0.500 bits per heavy atom. The molecule has 0 radical (unpaired) electrons. The van der Waals surface area contributed by atoms with Crippen LogP contribution in [0.15, 0.2) is 12.1 Å². The Balaban J connectivity index is 1.93. The summed E-state index contributed by atoms with van der Waals surface area (Å²) >= 11 is 0. The second-order valence-corrected chi connectivity index (χ2v) is 16.4. The molecule has 3 heteroatoms. The summed E-state index contributed by atoms with van der Waals surface area (Å²) in [6.45, 7) is 15.1. The number of carbonyl (C=O) groups excluding carboxylic acids is 1. The number of hydrogen-bond donors (Lipinski definition) is 1. The highest BCUT2D eigenvalue weighted by atomic mass is 16.5. The lowest BCUT2D eigenvalue weighted by Crippen LogP contribution is -2.19. The predicted octanol–water partition coefficient (Wildman–Crippen LogP) is 14.3. The largest absolute Gasteiger partial charge is 0.507 e. The van der Waals surface area contributed by atoms with Crippen molar-refractivity contribution in [3.05, 3.63) is 28.8 Å². The average molecular weight is 643 g/mol. The lowest BCUT2D eigenvalue weighted by molar-refractivity contribution is 0.0497. The lowest BCUT2D eigenvalue weighted by atomic mass is 9.78. The molecule has 0 spiro atoms. The van der Waals surface area contributed by atoms with Crippen molar-refractivity contribution in [2.75, 3.05) is 6.61 Å². The van der Waals surface area contributed by atoms with E-state index in [1.807, 2.05) is 12.1 Å². The first-order chi connectivity index (χ1) is 22.0. The van der Waals surface area contributed by atoms with Crippen molar-refractivity contribution in [1.29, 1.82) is 0 Å². The standard InChI is InChI=1S/C43H78O3/c1-8-9-10-11-12-13-14-15-16-17-18-19-20-21-22-23-24-25-26-27-28-29-30-31-32-33-34-46-41(45)37-35-38(42(2,3)4)40(44)39(36-37)43(5,6)7/h35-36,44H,8-34H2,1-7H3. The topological polar surface area (TPSA) is 46.5 Å². The van der Waals surface area contributed by atoms with Gasteiger partial charge in [-0.3, -0.25) is 0 Å². The number of ether oxygens (including phenoxy) is 1. The normalized spacial score (nSPS) is 12.2. The van der Waals surface area contributed by atoms with Gasteiger partial charge in [0.1, 0.15) is 5.75 Å². The Labute approximate surface area is 287 Å². The molecule has 0 aromatic heterocycles. The first-order valence-corrected chi connectivity index (χ1v) is 20.0. The number of carbonyl (C=O) groups is 1. The molecule has 0 amide bonds. The van der Waals surface area contributed by atoms with Gasteiger partial charge >= 0.3 is 5.97 Å². The highest BCUT2D eigenvalue weighted by Gasteiger charge is 2.28. The summed E-state index contributed by atoms with van der Waals surface area (Å²) in [7, 11) is 0. The van der Waals surface area contributed by atoms with Crippen LogP contribution in [-0.4, -0.2) is 17.7 Å². The molecule has 0 atom stereocenters. The molecule has 0 aliphatic carbocycles. The van der Waals surface area contributed by atoms with Crippen LogP contribution < -0.4 is 0 Å². The van der Waals surface area contributed by atoms with Crippen LogP contribution in [0.1, 0.15) is 237 Å². The van der Waals surface area contributed by atoms with Crippen LogP contribution in [0, 0.1) is 0 Å². The summed E-state index contributed by atoms with van der Waals surface area (Å²) in [4.78, 5) is 12.9. The molecule has 3 nitrogen and oxygen atoms in total. The molecule has 46 heavy (non-hydrogen) atoms. The number of phenolic OH excluding ortho intramolecular Hbond substituents is 1. The fourth-order valence-electron chi connectivity index (χ4n) is 6.56. The Hall–Kier alpha value is -1.51. The minimum absolute atomic E-state index is 0.258. The number of aromatic hydroxyl groups is 1. The fraction of sp³-hybridized carbons (Fsp3) is 0.837. The van der Waals surface area contributed by atoms with E-state index in [0.717, 1.165) is 24.0 Å². The van der Waals surface area contributed by atoms with Crippen LogP contribution in [0.2, 0.25) is 0 Å². The van der Waals surface area contributed by atoms with Gasteiger partial charge in [-0.05, 0) is 29.4 Å². The van der Waals surface area contributed by atoms with Gasteiger partial charge in [-0.1, -0.05) is 209 Å². The highest BCUT2D eigenvalue weighted by molar-refractivity contribution is 5.90. The SMILES string of the molecule is CCCCCCCCCCCCCCCCCCCCCCCCCCCCOC(=O)c1cc(C(C)(C)C)c(O)c(C(C)(C)C)c1. The third-order valence-electron chi connectivity index (χ3n) is 9.69. The molecular formula is C43H78O3. The second kappa shape index (κ2) is 25.5. The van der Waals surface area contributed by atoms with E-state index in [0.29, 0.717) is 17.9 Å². The van der Waals surface area contributed by atoms with E-state index in [1.54, 1.807) is 0 Å². The molecule has 0 aliphatic heterocycles. The molecule has 1 rings (SSSR count). The van der Waals surface area contributed by atoms with Crippen molar-refractivity contribution in [3.8, 4) is 5.75 Å². The number of esters is 1. The summed E-state index contributed by atoms with van der Waals surface area (Å²) < 4.78 is 5.64. The maximum absolute atomic E-state index is 12.9. The predicted molar refractivity (Wildman–Crippen MR) is 202 cm³/mol. The van der Waals surface area contributed by atoms with Crippen LogP contribution in [0.3, 0.4) is 0 Å². The zero-order valence-corrected chi connectivity index (χ0v) is 32.0. The molecular weight excluding hydrogens is 564 g/mol. The van der Waals surface area contributed by atoms with Gasteiger partial charge < -0.3 is 9.84 Å². The van der Waals surface area contributed by atoms with Crippen molar-refractivity contribution >= 4 is 5.97 Å². The average Bonchev–Trinajstić information content (AvgIpc) is 2.99. The number of benzene rings is 1. The second-order valence-electron chi connectivity index (χ2n) is 16.4. The minimum Gasteiger partial charge on any atom is -0.507 e. The maximum Gasteiger partial charge on any atom is 0.338 e. The highest BCUT2D eigenvalue weighted by Crippen LogP contribution is 2.40. The summed E-state index contributed by atoms with van der Waals surface area (Å²) in [6, 6.07) is 3.63. The van der Waals surface area contributed by atoms with Gasteiger partial charge in [-0.15, -0.1) is 0 Å². The Morgan fingerprint density at radius 3 is 1.02 bits per heavy atom. The van der Waals surface area contributed by atoms with Crippen LogP contribution in [0.5, 0.6) is 5.75 Å². The van der Waals surface area contributed by atoms with Gasteiger partial charge in [0.05, 0.1) is 12.2 Å². The summed E-state index contributed by atoms with van der Waals surface area (Å²) in [6.07, 6.45) is 36.0. The molecule has 1 aromatic rings. The first-order valence-electron chi connectivity index (χ1n) is 20.0. The number of phenols is 1. The van der Waals surface area contributed by atoms with E-state index >= 15 is 0 Å². The molecule has 0 fully saturated rings. The lowest BCUT2D eigenvalue weighted by Gasteiger charge is -2.28. The smallest absolute Gasteiger partial charge is 0.338 e. The minimum atomic E-state index is -0.282. The molecule has 0 unspecified atom stereocenters. The molecule has 0 aliphatic rings. The van der Waals surface area contributed by atoms with Crippen LogP contribution in [0.25, 0.3) is 0 Å². The van der Waals surface area contributed by atoms with E-state index < -0.39 is 0 Å². The molecule has 1 aromatic carbocycles. The molecule has 0 heterocycles. The van der Waals surface area contributed by atoms with Gasteiger partial charge in [-0.25, -0.2) is 4.79 Å². The molecule has 1 N–H and O–H groups in total. The number of hydrogen-bond acceptors (Lipinski definition) is 3. The maximum atomic E-state index is 12.9. The van der Waals surface area contributed by atoms with Crippen LogP contribution >= 0.6 is 0 Å². The Kier molecular flexibility index (Phi) is 23.6. The van der Waals surface area contributed by atoms with E-state index in [-0.39, 0.29) is 16.8 Å². The van der Waals surface area contributed by atoms with Gasteiger partial charge in [0.15, 0.2) is 0 Å². The third-order valence-corrected chi connectivity index (χ3v) is 9.69. The van der Waals surface area contributed by atoms with Crippen molar-refractivity contribution in [3.63, 3.8) is 0 Å². The molecule has 0 saturated heterocycles. The van der Waals surface area contributed by atoms with Crippen molar-refractivity contribution in [2.24, 2.45) is 0 Å². The van der Waals surface area contributed by atoms with Gasteiger partial charge in [0, 0.05) is 11.1 Å². The molecule has 268 valence electrons. The van der Waals surface area contributed by atoms with Crippen molar-refractivity contribution < 1.29 is 14.6 Å². The summed E-state index contributed by atoms with van der Waals surface area (Å²) in [5.74, 6) is 0.0162. The first kappa shape index (κ1) is 42.5. The van der Waals surface area contributed by atoms with Gasteiger partial charge in [0.25, 0.3) is 0 Å². The van der Waals surface area contributed by atoms with Crippen LogP contribution in [-0.2, 0) is 15.6 Å². The van der Waals surface area contributed by atoms with Crippen molar-refractivity contribution in [1.82, 2.24) is 0 Å². The van der Waals surface area contributed by atoms with E-state index in [9.17, 15) is 9.90 Å². The fourth-order valence-corrected chi connectivity index (χ4v) is 6.56. The summed E-state index contributed by atoms with van der Waals surface area (Å²) in [5.41, 5.74) is 1.62. The molecule has 0 saturated carbocycles.